The van der Waals surface area contributed by atoms with Gasteiger partial charge in [-0.3, -0.25) is 0 Å². The zero-order valence-electron chi connectivity index (χ0n) is 17.6. The first-order valence-corrected chi connectivity index (χ1v) is 11.8. The minimum absolute atomic E-state index is 0.0635. The van der Waals surface area contributed by atoms with Crippen LogP contribution >= 0.6 is 11.8 Å². The molecule has 0 unspecified atom stereocenters. The summed E-state index contributed by atoms with van der Waals surface area (Å²) in [6, 6.07) is -0.558. The molecule has 1 aromatic heterocycles. The fraction of sp³-hybridized carbons (Fsp3) is 0.700. The molecule has 2 heterocycles. The number of nitrogens with one attached hydrogen (secondary N) is 2. The van der Waals surface area contributed by atoms with Crippen molar-refractivity contribution in [1.29, 1.82) is 0 Å². The number of anilines is 2. The number of alkyl halides is 6. The fourth-order valence-corrected chi connectivity index (χ4v) is 4.79. The Morgan fingerprint density at radius 2 is 1.30 bits per heavy atom. The van der Waals surface area contributed by atoms with E-state index in [9.17, 15) is 26.3 Å². The second-order valence-electron chi connectivity index (χ2n) is 8.51. The van der Waals surface area contributed by atoms with Gasteiger partial charge in [-0.15, -0.1) is 0 Å². The zero-order chi connectivity index (χ0) is 23.6. The maximum absolute atomic E-state index is 13.5. The van der Waals surface area contributed by atoms with Gasteiger partial charge in [-0.05, 0) is 31.8 Å². The van der Waals surface area contributed by atoms with E-state index in [1.807, 2.05) is 0 Å². The Balaban J connectivity index is 1.56. The van der Waals surface area contributed by atoms with Crippen molar-refractivity contribution in [3.05, 3.63) is 17.6 Å². The standard InChI is InChI=1S/C20H24F6N6S/c21-14(22)13-5-10-33-16(29-13)15-30-17(27-11-1-6-19(23,24)7-2-11)32-18(31-15)28-12-3-8-20(25,26)9-4-12/h5,11-12,14H,1-4,6-10H2,(H2,27,28,30,31,32). The highest BCUT2D eigenvalue weighted by molar-refractivity contribution is 8.14. The first-order chi connectivity index (χ1) is 15.6. The number of aromatic nitrogens is 3. The topological polar surface area (TPSA) is 75.1 Å². The quantitative estimate of drug-likeness (QED) is 0.509. The molecule has 0 saturated heterocycles. The molecule has 1 aromatic rings. The SMILES string of the molecule is FC(F)C1=CCSC(c2nc(NC3CCC(F)(F)CC3)nc(NC3CCC(F)(F)CC3)n2)=N1. The third-order valence-corrected chi connectivity index (χ3v) is 6.77. The molecule has 4 rings (SSSR count). The zero-order valence-corrected chi connectivity index (χ0v) is 18.5. The van der Waals surface area contributed by atoms with Crippen LogP contribution in [0.1, 0.15) is 57.2 Å². The number of rotatable bonds is 6. The van der Waals surface area contributed by atoms with Gasteiger partial charge in [0.2, 0.25) is 23.7 Å². The van der Waals surface area contributed by atoms with E-state index in [1.165, 1.54) is 17.8 Å². The lowest BCUT2D eigenvalue weighted by Crippen LogP contribution is -2.34. The molecule has 13 heteroatoms. The normalized spacial score (nSPS) is 23.7. The molecule has 6 nitrogen and oxygen atoms in total. The molecule has 1 aliphatic heterocycles. The van der Waals surface area contributed by atoms with E-state index in [-0.39, 0.29) is 97.7 Å². The van der Waals surface area contributed by atoms with Crippen LogP contribution in [0, 0.1) is 0 Å². The molecule has 2 fully saturated rings. The fourth-order valence-electron chi connectivity index (χ4n) is 3.99. The number of nitrogens with zero attached hydrogens (tertiary/aromatic N) is 4. The lowest BCUT2D eigenvalue weighted by molar-refractivity contribution is -0.0366. The highest BCUT2D eigenvalue weighted by atomic mass is 32.2. The van der Waals surface area contributed by atoms with Crippen molar-refractivity contribution in [1.82, 2.24) is 15.0 Å². The lowest BCUT2D eigenvalue weighted by Gasteiger charge is -2.30. The van der Waals surface area contributed by atoms with E-state index >= 15 is 0 Å². The van der Waals surface area contributed by atoms with Crippen LogP contribution in [0.5, 0.6) is 0 Å². The summed E-state index contributed by atoms with van der Waals surface area (Å²) in [5.74, 6) is -4.84. The smallest absolute Gasteiger partial charge is 0.280 e. The molecule has 0 aromatic carbocycles. The Hall–Kier alpha value is -2.05. The minimum atomic E-state index is -2.74. The average molecular weight is 495 g/mol. The number of allylic oxidation sites excluding steroid dienone is 1. The van der Waals surface area contributed by atoms with Gasteiger partial charge in [0.05, 0.1) is 0 Å². The molecule has 33 heavy (non-hydrogen) atoms. The first-order valence-electron chi connectivity index (χ1n) is 10.8. The number of hydrogen-bond acceptors (Lipinski definition) is 7. The van der Waals surface area contributed by atoms with E-state index in [2.05, 4.69) is 30.6 Å². The molecule has 2 saturated carbocycles. The summed E-state index contributed by atoms with van der Waals surface area (Å²) in [5, 5.41) is 6.27. The average Bonchev–Trinajstić information content (AvgIpc) is 2.77. The Morgan fingerprint density at radius 1 is 0.818 bits per heavy atom. The third-order valence-electron chi connectivity index (χ3n) is 5.89. The van der Waals surface area contributed by atoms with Gasteiger partial charge in [0.1, 0.15) is 10.7 Å². The van der Waals surface area contributed by atoms with Crippen LogP contribution in [0.15, 0.2) is 16.8 Å². The highest BCUT2D eigenvalue weighted by Gasteiger charge is 2.36. The Morgan fingerprint density at radius 3 is 1.76 bits per heavy atom. The van der Waals surface area contributed by atoms with Gasteiger partial charge in [-0.25, -0.2) is 31.3 Å². The van der Waals surface area contributed by atoms with Crippen molar-refractivity contribution in [3.8, 4) is 0 Å². The van der Waals surface area contributed by atoms with Crippen LogP contribution < -0.4 is 10.6 Å². The van der Waals surface area contributed by atoms with Gasteiger partial charge in [0, 0.05) is 43.5 Å². The molecule has 2 aliphatic carbocycles. The van der Waals surface area contributed by atoms with Crippen LogP contribution in [0.4, 0.5) is 38.2 Å². The molecule has 3 aliphatic rings. The number of hydrogen-bond donors (Lipinski definition) is 2. The summed E-state index contributed by atoms with van der Waals surface area (Å²) in [7, 11) is 0. The highest BCUT2D eigenvalue weighted by Crippen LogP contribution is 2.35. The summed E-state index contributed by atoms with van der Waals surface area (Å²) < 4.78 is 80.2. The third kappa shape index (κ3) is 6.51. The lowest BCUT2D eigenvalue weighted by atomic mass is 9.92. The summed E-state index contributed by atoms with van der Waals surface area (Å²) in [5.41, 5.74) is -0.378. The monoisotopic (exact) mass is 494 g/mol. The van der Waals surface area contributed by atoms with Crippen molar-refractivity contribution in [2.45, 2.75) is 81.7 Å². The van der Waals surface area contributed by atoms with Crippen molar-refractivity contribution >= 4 is 28.7 Å². The van der Waals surface area contributed by atoms with E-state index in [1.54, 1.807) is 0 Å². The molecule has 0 bridgehead atoms. The Bertz CT molecular complexity index is 856. The van der Waals surface area contributed by atoms with Crippen molar-refractivity contribution in [3.63, 3.8) is 0 Å². The summed E-state index contributed by atoms with van der Waals surface area (Å²) in [6.45, 7) is 0. The summed E-state index contributed by atoms with van der Waals surface area (Å²) >= 11 is 1.18. The molecule has 182 valence electrons. The van der Waals surface area contributed by atoms with Crippen LogP contribution in [0.2, 0.25) is 0 Å². The number of thioether (sulfide) groups is 1. The molecule has 0 amide bonds. The molecule has 0 radical (unpaired) electrons. The van der Waals surface area contributed by atoms with E-state index in [0.29, 0.717) is 0 Å². The molecule has 0 spiro atoms. The van der Waals surface area contributed by atoms with Gasteiger partial charge < -0.3 is 10.6 Å². The number of aliphatic imine (C=N–C) groups is 1. The molecular formula is C20H24F6N6S. The van der Waals surface area contributed by atoms with Gasteiger partial charge in [-0.1, -0.05) is 11.8 Å². The first kappa shape index (κ1) is 24.1. The summed E-state index contributed by atoms with van der Waals surface area (Å²) in [6.07, 6.45) is -1.54. The maximum atomic E-state index is 13.5. The van der Waals surface area contributed by atoms with Crippen LogP contribution in [-0.4, -0.2) is 56.1 Å². The van der Waals surface area contributed by atoms with Gasteiger partial charge in [0.25, 0.3) is 6.43 Å². The molecular weight excluding hydrogens is 470 g/mol. The van der Waals surface area contributed by atoms with Gasteiger partial charge in [-0.2, -0.15) is 15.0 Å². The van der Waals surface area contributed by atoms with Crippen molar-refractivity contribution in [2.75, 3.05) is 16.4 Å². The van der Waals surface area contributed by atoms with E-state index < -0.39 is 18.3 Å². The van der Waals surface area contributed by atoms with Gasteiger partial charge in [0.15, 0.2) is 5.82 Å². The summed E-state index contributed by atoms with van der Waals surface area (Å²) in [4.78, 5) is 16.8. The van der Waals surface area contributed by atoms with Crippen LogP contribution in [-0.2, 0) is 0 Å². The predicted molar refractivity (Wildman–Crippen MR) is 115 cm³/mol. The second-order valence-corrected chi connectivity index (χ2v) is 9.52. The molecule has 0 atom stereocenters. The Labute approximate surface area is 191 Å². The Kier molecular flexibility index (Phi) is 7.06. The largest absolute Gasteiger partial charge is 0.351 e. The second kappa shape index (κ2) is 9.67. The number of halogens is 6. The predicted octanol–water partition coefficient (Wildman–Crippen LogP) is 5.49. The van der Waals surface area contributed by atoms with Gasteiger partial charge >= 0.3 is 0 Å². The molecule has 2 N–H and O–H groups in total. The van der Waals surface area contributed by atoms with Crippen molar-refractivity contribution < 1.29 is 26.3 Å². The van der Waals surface area contributed by atoms with Crippen LogP contribution in [0.3, 0.4) is 0 Å². The minimum Gasteiger partial charge on any atom is -0.351 e. The van der Waals surface area contributed by atoms with Crippen LogP contribution in [0.25, 0.3) is 0 Å². The van der Waals surface area contributed by atoms with E-state index in [4.69, 9.17) is 0 Å². The van der Waals surface area contributed by atoms with Crippen molar-refractivity contribution in [2.24, 2.45) is 4.99 Å². The van der Waals surface area contributed by atoms with E-state index in [0.717, 1.165) is 0 Å². The maximum Gasteiger partial charge on any atom is 0.280 e.